The molecule has 28 heavy (non-hydrogen) atoms. The van der Waals surface area contributed by atoms with Gasteiger partial charge in [-0.05, 0) is 34.8 Å². The summed E-state index contributed by atoms with van der Waals surface area (Å²) in [5.41, 5.74) is 7.72. The van der Waals surface area contributed by atoms with Gasteiger partial charge in [-0.3, -0.25) is 9.98 Å². The highest BCUT2D eigenvalue weighted by Gasteiger charge is 2.35. The van der Waals surface area contributed by atoms with E-state index in [1.165, 1.54) is 22.3 Å². The zero-order valence-electron chi connectivity index (χ0n) is 18.1. The quantitative estimate of drug-likeness (QED) is 0.595. The van der Waals surface area contributed by atoms with E-state index in [1.807, 2.05) is 0 Å². The molecule has 2 nitrogen and oxygen atoms in total. The molecule has 0 saturated carbocycles. The van der Waals surface area contributed by atoms with Gasteiger partial charge in [-0.1, -0.05) is 90.1 Å². The van der Waals surface area contributed by atoms with Crippen LogP contribution in [-0.4, -0.2) is 23.5 Å². The van der Waals surface area contributed by atoms with E-state index in [1.54, 1.807) is 0 Å². The molecule has 4 rings (SSSR count). The Morgan fingerprint density at radius 1 is 0.607 bits per heavy atom. The van der Waals surface area contributed by atoms with Crippen molar-refractivity contribution in [3.8, 4) is 0 Å². The summed E-state index contributed by atoms with van der Waals surface area (Å²) in [6, 6.07) is 18.1. The van der Waals surface area contributed by atoms with Crippen molar-refractivity contribution in [3.63, 3.8) is 0 Å². The van der Waals surface area contributed by atoms with E-state index in [-0.39, 0.29) is 22.9 Å². The van der Waals surface area contributed by atoms with Crippen LogP contribution in [0.2, 0.25) is 0 Å². The van der Waals surface area contributed by atoms with Crippen molar-refractivity contribution in [2.75, 3.05) is 0 Å². The maximum atomic E-state index is 5.32. The molecule has 2 aliphatic rings. The van der Waals surface area contributed by atoms with Crippen LogP contribution in [0.15, 0.2) is 58.5 Å². The normalized spacial score (nSPS) is 22.1. The van der Waals surface area contributed by atoms with Crippen LogP contribution in [0.5, 0.6) is 0 Å². The van der Waals surface area contributed by atoms with E-state index in [0.29, 0.717) is 0 Å². The SMILES string of the molecule is CC(C)(C)[C@H]1Cc2ccccc2C(C2=N[C@@H](C(C)(C)C)Cc3ccccc32)=N1. The molecule has 0 aliphatic carbocycles. The minimum atomic E-state index is 0.122. The lowest BCUT2D eigenvalue weighted by molar-refractivity contribution is 0.316. The molecule has 0 spiro atoms. The summed E-state index contributed by atoms with van der Waals surface area (Å²) >= 11 is 0. The third kappa shape index (κ3) is 3.45. The first-order valence-electron chi connectivity index (χ1n) is 10.5. The van der Waals surface area contributed by atoms with Crippen molar-refractivity contribution in [3.05, 3.63) is 70.8 Å². The molecule has 0 aromatic heterocycles. The minimum Gasteiger partial charge on any atom is -0.278 e. The Bertz CT molecular complexity index is 871. The molecule has 146 valence electrons. The van der Waals surface area contributed by atoms with Crippen LogP contribution < -0.4 is 0 Å². The average molecular weight is 373 g/mol. The Morgan fingerprint density at radius 2 is 0.964 bits per heavy atom. The number of fused-ring (bicyclic) bond motifs is 2. The van der Waals surface area contributed by atoms with E-state index in [9.17, 15) is 0 Å². The topological polar surface area (TPSA) is 24.7 Å². The van der Waals surface area contributed by atoms with Crippen molar-refractivity contribution in [1.29, 1.82) is 0 Å². The van der Waals surface area contributed by atoms with Gasteiger partial charge >= 0.3 is 0 Å². The largest absolute Gasteiger partial charge is 0.278 e. The number of nitrogens with zero attached hydrogens (tertiary/aromatic N) is 2. The number of hydrogen-bond donors (Lipinski definition) is 0. The maximum Gasteiger partial charge on any atom is 0.0911 e. The standard InChI is InChI=1S/C26H32N2/c1-25(2,3)21-15-17-11-7-9-13-19(17)23(27-21)24-20-14-10-8-12-18(20)16-22(28-24)26(4,5)6/h7-14,21-22H,15-16H2,1-6H3/t21-,22-/m1/s1. The van der Waals surface area contributed by atoms with E-state index >= 15 is 0 Å². The molecule has 0 bridgehead atoms. The average Bonchev–Trinajstić information content (AvgIpc) is 2.65. The summed E-state index contributed by atoms with van der Waals surface area (Å²) in [6.07, 6.45) is 2.00. The second-order valence-electron chi connectivity index (χ2n) is 10.4. The second-order valence-corrected chi connectivity index (χ2v) is 10.4. The molecule has 0 amide bonds. The highest BCUT2D eigenvalue weighted by Crippen LogP contribution is 2.35. The van der Waals surface area contributed by atoms with Crippen molar-refractivity contribution in [2.45, 2.75) is 66.5 Å². The molecule has 2 atom stereocenters. The maximum absolute atomic E-state index is 5.32. The molecule has 2 aromatic carbocycles. The molecular formula is C26H32N2. The molecule has 0 N–H and O–H groups in total. The zero-order chi connectivity index (χ0) is 20.1. The molecule has 0 saturated heterocycles. The molecule has 2 aromatic rings. The van der Waals surface area contributed by atoms with Crippen LogP contribution in [-0.2, 0) is 12.8 Å². The predicted molar refractivity (Wildman–Crippen MR) is 120 cm³/mol. The highest BCUT2D eigenvalue weighted by atomic mass is 14.9. The van der Waals surface area contributed by atoms with Gasteiger partial charge in [-0.2, -0.15) is 0 Å². The molecule has 2 heterocycles. The van der Waals surface area contributed by atoms with Crippen LogP contribution in [0.3, 0.4) is 0 Å². The van der Waals surface area contributed by atoms with Gasteiger partial charge in [0.1, 0.15) is 0 Å². The third-order valence-electron chi connectivity index (χ3n) is 6.17. The molecule has 2 heteroatoms. The first-order valence-corrected chi connectivity index (χ1v) is 10.5. The fourth-order valence-electron chi connectivity index (χ4n) is 4.19. The Labute approximate surface area is 169 Å². The van der Waals surface area contributed by atoms with Gasteiger partial charge in [0.05, 0.1) is 23.5 Å². The van der Waals surface area contributed by atoms with E-state index < -0.39 is 0 Å². The third-order valence-corrected chi connectivity index (χ3v) is 6.17. The van der Waals surface area contributed by atoms with E-state index in [0.717, 1.165) is 24.3 Å². The van der Waals surface area contributed by atoms with Crippen LogP contribution >= 0.6 is 0 Å². The smallest absolute Gasteiger partial charge is 0.0911 e. The molecule has 0 unspecified atom stereocenters. The van der Waals surface area contributed by atoms with Crippen LogP contribution in [0.1, 0.15) is 63.8 Å². The van der Waals surface area contributed by atoms with Gasteiger partial charge in [0.25, 0.3) is 0 Å². The van der Waals surface area contributed by atoms with Crippen LogP contribution in [0.4, 0.5) is 0 Å². The summed E-state index contributed by atoms with van der Waals surface area (Å²) in [5.74, 6) is 0. The summed E-state index contributed by atoms with van der Waals surface area (Å²) < 4.78 is 0. The van der Waals surface area contributed by atoms with Gasteiger partial charge < -0.3 is 0 Å². The van der Waals surface area contributed by atoms with E-state index in [2.05, 4.69) is 90.1 Å². The van der Waals surface area contributed by atoms with Crippen molar-refractivity contribution >= 4 is 11.4 Å². The van der Waals surface area contributed by atoms with Gasteiger partial charge in [0.15, 0.2) is 0 Å². The summed E-state index contributed by atoms with van der Waals surface area (Å²) in [6.45, 7) is 13.8. The zero-order valence-corrected chi connectivity index (χ0v) is 18.1. The first kappa shape index (κ1) is 19.1. The Kier molecular flexibility index (Phi) is 4.56. The molecule has 2 aliphatic heterocycles. The first-order chi connectivity index (χ1) is 13.1. The van der Waals surface area contributed by atoms with Crippen molar-refractivity contribution < 1.29 is 0 Å². The van der Waals surface area contributed by atoms with Gasteiger partial charge in [-0.15, -0.1) is 0 Å². The lowest BCUT2D eigenvalue weighted by Crippen LogP contribution is -2.38. The Morgan fingerprint density at radius 3 is 1.32 bits per heavy atom. The molecule has 0 radical (unpaired) electrons. The monoisotopic (exact) mass is 372 g/mol. The van der Waals surface area contributed by atoms with Gasteiger partial charge in [-0.25, -0.2) is 0 Å². The fourth-order valence-corrected chi connectivity index (χ4v) is 4.19. The highest BCUT2D eigenvalue weighted by molar-refractivity contribution is 6.54. The fraction of sp³-hybridized carbons (Fsp3) is 0.462. The molecular weight excluding hydrogens is 340 g/mol. The lowest BCUT2D eigenvalue weighted by Gasteiger charge is -2.36. The van der Waals surface area contributed by atoms with Crippen molar-refractivity contribution in [2.24, 2.45) is 20.8 Å². The number of rotatable bonds is 1. The number of hydrogen-bond acceptors (Lipinski definition) is 2. The van der Waals surface area contributed by atoms with Crippen LogP contribution in [0, 0.1) is 10.8 Å². The minimum absolute atomic E-state index is 0.122. The van der Waals surface area contributed by atoms with Crippen molar-refractivity contribution in [1.82, 2.24) is 0 Å². The lowest BCUT2D eigenvalue weighted by atomic mass is 9.76. The summed E-state index contributed by atoms with van der Waals surface area (Å²) in [4.78, 5) is 10.6. The van der Waals surface area contributed by atoms with E-state index in [4.69, 9.17) is 9.98 Å². The Balaban J connectivity index is 1.93. The second kappa shape index (κ2) is 6.69. The number of benzene rings is 2. The van der Waals surface area contributed by atoms with Gasteiger partial charge in [0, 0.05) is 11.1 Å². The summed E-state index contributed by atoms with van der Waals surface area (Å²) in [7, 11) is 0. The number of aliphatic imine (C=N–C) groups is 2. The predicted octanol–water partition coefficient (Wildman–Crippen LogP) is 5.91. The van der Waals surface area contributed by atoms with Gasteiger partial charge in [0.2, 0.25) is 0 Å². The van der Waals surface area contributed by atoms with Crippen LogP contribution in [0.25, 0.3) is 0 Å². The summed E-state index contributed by atoms with van der Waals surface area (Å²) in [5, 5.41) is 0. The molecule has 0 fully saturated rings. The Hall–Kier alpha value is -2.22.